The van der Waals surface area contributed by atoms with Gasteiger partial charge in [-0.05, 0) is 13.8 Å². The third-order valence-corrected chi connectivity index (χ3v) is 1.49. The first-order chi connectivity index (χ1) is 8.75. The SMILES string of the molecule is CC.CC.CC.CC.CC(C)n1ccnc1CN. The molecule has 0 fully saturated rings. The molecule has 1 rings (SSSR count). The number of hydrogen-bond acceptors (Lipinski definition) is 2. The Morgan fingerprint density at radius 3 is 1.61 bits per heavy atom. The monoisotopic (exact) mass is 259 g/mol. The first-order valence-corrected chi connectivity index (χ1v) is 7.47. The van der Waals surface area contributed by atoms with Crippen molar-refractivity contribution in [1.82, 2.24) is 9.55 Å². The fraction of sp³-hybridized carbons (Fsp3) is 0.800. The van der Waals surface area contributed by atoms with Crippen LogP contribution >= 0.6 is 0 Å². The van der Waals surface area contributed by atoms with E-state index in [4.69, 9.17) is 5.73 Å². The summed E-state index contributed by atoms with van der Waals surface area (Å²) < 4.78 is 2.07. The van der Waals surface area contributed by atoms with E-state index in [1.165, 1.54) is 0 Å². The molecule has 18 heavy (non-hydrogen) atoms. The number of imidazole rings is 1. The number of aromatic nitrogens is 2. The van der Waals surface area contributed by atoms with Crippen molar-refractivity contribution in [2.45, 2.75) is 81.8 Å². The predicted octanol–water partition coefficient (Wildman–Crippen LogP) is 5.03. The summed E-state index contributed by atoms with van der Waals surface area (Å²) in [5, 5.41) is 0. The molecule has 0 aliphatic rings. The first kappa shape index (κ1) is 25.9. The van der Waals surface area contributed by atoms with Crippen LogP contribution in [0.15, 0.2) is 12.4 Å². The third-order valence-electron chi connectivity index (χ3n) is 1.49. The van der Waals surface area contributed by atoms with E-state index in [9.17, 15) is 0 Å². The lowest BCUT2D eigenvalue weighted by Crippen LogP contribution is -2.09. The molecule has 0 amide bonds. The number of nitrogens with zero attached hydrogens (tertiary/aromatic N) is 2. The van der Waals surface area contributed by atoms with E-state index in [2.05, 4.69) is 23.4 Å². The van der Waals surface area contributed by atoms with E-state index in [0.29, 0.717) is 12.6 Å². The molecule has 0 radical (unpaired) electrons. The molecule has 1 heterocycles. The number of rotatable bonds is 2. The van der Waals surface area contributed by atoms with Gasteiger partial charge in [-0.3, -0.25) is 0 Å². The second-order valence-electron chi connectivity index (χ2n) is 2.55. The van der Waals surface area contributed by atoms with Gasteiger partial charge in [-0.2, -0.15) is 0 Å². The van der Waals surface area contributed by atoms with Crippen LogP contribution in [-0.2, 0) is 6.54 Å². The maximum absolute atomic E-state index is 5.45. The Labute approximate surface area is 116 Å². The van der Waals surface area contributed by atoms with Gasteiger partial charge in [0, 0.05) is 18.4 Å². The maximum Gasteiger partial charge on any atom is 0.122 e. The topological polar surface area (TPSA) is 43.8 Å². The second kappa shape index (κ2) is 25.1. The highest BCUT2D eigenvalue weighted by atomic mass is 15.1. The van der Waals surface area contributed by atoms with E-state index < -0.39 is 0 Å². The van der Waals surface area contributed by atoms with Gasteiger partial charge in [0.15, 0.2) is 0 Å². The minimum absolute atomic E-state index is 0.459. The molecule has 0 saturated heterocycles. The van der Waals surface area contributed by atoms with Crippen LogP contribution in [0, 0.1) is 0 Å². The van der Waals surface area contributed by atoms with Gasteiger partial charge < -0.3 is 10.3 Å². The Morgan fingerprint density at radius 2 is 1.39 bits per heavy atom. The molecule has 0 spiro atoms. The highest BCUT2D eigenvalue weighted by molar-refractivity contribution is 4.92. The molecule has 2 N–H and O–H groups in total. The molecule has 1 aromatic rings. The van der Waals surface area contributed by atoms with E-state index >= 15 is 0 Å². The van der Waals surface area contributed by atoms with Gasteiger partial charge in [-0.15, -0.1) is 0 Å². The second-order valence-corrected chi connectivity index (χ2v) is 2.55. The number of hydrogen-bond donors (Lipinski definition) is 1. The summed E-state index contributed by atoms with van der Waals surface area (Å²) in [5.41, 5.74) is 5.45. The minimum atomic E-state index is 0.459. The van der Waals surface area contributed by atoms with Crippen LogP contribution < -0.4 is 5.73 Å². The van der Waals surface area contributed by atoms with Crippen LogP contribution in [0.2, 0.25) is 0 Å². The van der Waals surface area contributed by atoms with Gasteiger partial charge in [0.05, 0.1) is 6.54 Å². The van der Waals surface area contributed by atoms with Crippen LogP contribution in [0.5, 0.6) is 0 Å². The van der Waals surface area contributed by atoms with Crippen molar-refractivity contribution in [3.63, 3.8) is 0 Å². The molecule has 0 aliphatic heterocycles. The van der Waals surface area contributed by atoms with Crippen molar-refractivity contribution in [2.75, 3.05) is 0 Å². The average molecular weight is 259 g/mol. The van der Waals surface area contributed by atoms with Gasteiger partial charge >= 0.3 is 0 Å². The lowest BCUT2D eigenvalue weighted by atomic mass is 10.4. The van der Waals surface area contributed by atoms with Crippen molar-refractivity contribution >= 4 is 0 Å². The summed E-state index contributed by atoms with van der Waals surface area (Å²) in [6.45, 7) is 20.7. The van der Waals surface area contributed by atoms with E-state index in [-0.39, 0.29) is 0 Å². The minimum Gasteiger partial charge on any atom is -0.331 e. The van der Waals surface area contributed by atoms with Crippen molar-refractivity contribution in [3.05, 3.63) is 18.2 Å². The van der Waals surface area contributed by atoms with Crippen LogP contribution in [0.3, 0.4) is 0 Å². The van der Waals surface area contributed by atoms with Crippen molar-refractivity contribution in [2.24, 2.45) is 5.73 Å². The Bertz CT molecular complexity index is 205. The molecule has 112 valence electrons. The smallest absolute Gasteiger partial charge is 0.122 e. The normalized spacial score (nSPS) is 7.33. The van der Waals surface area contributed by atoms with Crippen molar-refractivity contribution < 1.29 is 0 Å². The van der Waals surface area contributed by atoms with Gasteiger partial charge in [0.2, 0.25) is 0 Å². The van der Waals surface area contributed by atoms with Gasteiger partial charge in [-0.25, -0.2) is 4.98 Å². The quantitative estimate of drug-likeness (QED) is 0.809. The molecular weight excluding hydrogens is 222 g/mol. The predicted molar refractivity (Wildman–Crippen MR) is 85.9 cm³/mol. The zero-order valence-electron chi connectivity index (χ0n) is 14.4. The molecular formula is C15H37N3. The zero-order valence-corrected chi connectivity index (χ0v) is 14.4. The summed E-state index contributed by atoms with van der Waals surface area (Å²) in [4.78, 5) is 4.09. The molecule has 0 atom stereocenters. The summed E-state index contributed by atoms with van der Waals surface area (Å²) >= 11 is 0. The highest BCUT2D eigenvalue weighted by Gasteiger charge is 2.01. The van der Waals surface area contributed by atoms with E-state index in [1.54, 1.807) is 6.20 Å². The third kappa shape index (κ3) is 13.2. The zero-order chi connectivity index (χ0) is 15.6. The highest BCUT2D eigenvalue weighted by Crippen LogP contribution is 2.06. The molecule has 3 heteroatoms. The molecule has 0 aromatic carbocycles. The average Bonchev–Trinajstić information content (AvgIpc) is 2.96. The largest absolute Gasteiger partial charge is 0.331 e. The summed E-state index contributed by atoms with van der Waals surface area (Å²) in [6.07, 6.45) is 3.73. The Morgan fingerprint density at radius 1 is 1.00 bits per heavy atom. The van der Waals surface area contributed by atoms with Gasteiger partial charge in [0.1, 0.15) is 5.82 Å². The molecule has 3 nitrogen and oxygen atoms in total. The van der Waals surface area contributed by atoms with Gasteiger partial charge in [0.25, 0.3) is 0 Å². The summed E-state index contributed by atoms with van der Waals surface area (Å²) in [5.74, 6) is 0.954. The molecule has 0 unspecified atom stereocenters. The first-order valence-electron chi connectivity index (χ1n) is 7.47. The lowest BCUT2D eigenvalue weighted by Gasteiger charge is -2.08. The lowest BCUT2D eigenvalue weighted by molar-refractivity contribution is 0.569. The van der Waals surface area contributed by atoms with Crippen molar-refractivity contribution in [3.8, 4) is 0 Å². The number of nitrogens with two attached hydrogens (primary N) is 1. The summed E-state index contributed by atoms with van der Waals surface area (Å²) in [6, 6.07) is 0.459. The van der Waals surface area contributed by atoms with E-state index in [0.717, 1.165) is 5.82 Å². The Hall–Kier alpha value is -0.830. The van der Waals surface area contributed by atoms with E-state index in [1.807, 2.05) is 61.6 Å². The fourth-order valence-corrected chi connectivity index (χ4v) is 0.972. The maximum atomic E-state index is 5.45. The fourth-order valence-electron chi connectivity index (χ4n) is 0.972. The van der Waals surface area contributed by atoms with Crippen LogP contribution in [0.1, 0.15) is 81.1 Å². The molecule has 0 saturated carbocycles. The molecule has 0 bridgehead atoms. The van der Waals surface area contributed by atoms with Crippen LogP contribution in [0.4, 0.5) is 0 Å². The Kier molecular flexibility index (Phi) is 36.1. The Balaban J connectivity index is -0.000000105. The summed E-state index contributed by atoms with van der Waals surface area (Å²) in [7, 11) is 0. The van der Waals surface area contributed by atoms with Gasteiger partial charge in [-0.1, -0.05) is 55.4 Å². The van der Waals surface area contributed by atoms with Crippen LogP contribution in [-0.4, -0.2) is 9.55 Å². The van der Waals surface area contributed by atoms with Crippen molar-refractivity contribution in [1.29, 1.82) is 0 Å². The van der Waals surface area contributed by atoms with Crippen LogP contribution in [0.25, 0.3) is 0 Å². The molecule has 1 aromatic heterocycles. The standard InChI is InChI=1S/C7H13N3.4C2H6/c1-6(2)10-4-3-9-7(10)5-8;4*1-2/h3-4,6H,5,8H2,1-2H3;4*1-2H3. The molecule has 0 aliphatic carbocycles.